The molecule has 0 unspecified atom stereocenters. The zero-order chi connectivity index (χ0) is 20.2. The first-order valence-corrected chi connectivity index (χ1v) is 9.14. The van der Waals surface area contributed by atoms with E-state index in [0.717, 1.165) is 22.3 Å². The number of benzene rings is 3. The summed E-state index contributed by atoms with van der Waals surface area (Å²) in [4.78, 5) is 16.6. The van der Waals surface area contributed by atoms with E-state index in [9.17, 15) is 9.18 Å². The topological polar surface area (TPSA) is 47.9 Å². The van der Waals surface area contributed by atoms with Crippen LogP contribution in [0.1, 0.15) is 22.3 Å². The summed E-state index contributed by atoms with van der Waals surface area (Å²) in [5.74, 6) is 0.179. The Hall–Kier alpha value is -3.73. The third kappa shape index (κ3) is 4.41. The Kier molecular flexibility index (Phi) is 5.20. The van der Waals surface area contributed by atoms with E-state index in [4.69, 9.17) is 9.47 Å². The molecule has 4 nitrogen and oxygen atoms in total. The van der Waals surface area contributed by atoms with Crippen LogP contribution in [0.15, 0.2) is 83.5 Å². The van der Waals surface area contributed by atoms with Crippen LogP contribution in [0.2, 0.25) is 0 Å². The maximum Gasteiger partial charge on any atom is 0.363 e. The van der Waals surface area contributed by atoms with Gasteiger partial charge in [0.05, 0.1) is 0 Å². The Morgan fingerprint density at radius 2 is 1.83 bits per heavy atom. The highest BCUT2D eigenvalue weighted by Gasteiger charge is 2.24. The van der Waals surface area contributed by atoms with Gasteiger partial charge in [0.15, 0.2) is 5.70 Å². The summed E-state index contributed by atoms with van der Waals surface area (Å²) >= 11 is 0. The van der Waals surface area contributed by atoms with Crippen molar-refractivity contribution in [2.45, 2.75) is 13.5 Å². The third-order valence-electron chi connectivity index (χ3n) is 4.48. The van der Waals surface area contributed by atoms with Crippen LogP contribution in [-0.4, -0.2) is 11.9 Å². The first-order chi connectivity index (χ1) is 14.1. The standard InChI is InChI=1S/C24H18FNO3/c1-16-5-2-3-8-21(16)23-26-22(24(27)29-23)14-18-6-4-7-20(13-18)28-15-17-9-11-19(25)12-10-17/h2-14H,15H2,1H3/b22-14-. The number of halogens is 1. The van der Waals surface area contributed by atoms with Gasteiger partial charge in [-0.25, -0.2) is 14.2 Å². The fourth-order valence-corrected chi connectivity index (χ4v) is 2.94. The van der Waals surface area contributed by atoms with Crippen LogP contribution in [0.25, 0.3) is 6.08 Å². The fraction of sp³-hybridized carbons (Fsp3) is 0.0833. The van der Waals surface area contributed by atoms with E-state index in [1.807, 2.05) is 55.5 Å². The molecule has 1 aliphatic rings. The van der Waals surface area contributed by atoms with Gasteiger partial charge in [0.2, 0.25) is 5.90 Å². The lowest BCUT2D eigenvalue weighted by Crippen LogP contribution is -2.06. The fourth-order valence-electron chi connectivity index (χ4n) is 2.94. The molecule has 0 atom stereocenters. The second kappa shape index (κ2) is 8.10. The molecule has 0 spiro atoms. The molecule has 3 aromatic carbocycles. The number of hydrogen-bond donors (Lipinski definition) is 0. The van der Waals surface area contributed by atoms with Crippen molar-refractivity contribution in [3.05, 3.63) is 107 Å². The van der Waals surface area contributed by atoms with Gasteiger partial charge in [0.25, 0.3) is 0 Å². The van der Waals surface area contributed by atoms with Crippen LogP contribution in [0.4, 0.5) is 4.39 Å². The summed E-state index contributed by atoms with van der Waals surface area (Å²) in [7, 11) is 0. The van der Waals surface area contributed by atoms with E-state index in [2.05, 4.69) is 4.99 Å². The zero-order valence-corrected chi connectivity index (χ0v) is 15.8. The summed E-state index contributed by atoms with van der Waals surface area (Å²) < 4.78 is 24.1. The van der Waals surface area contributed by atoms with Crippen LogP contribution in [0.5, 0.6) is 5.75 Å². The van der Waals surface area contributed by atoms with Gasteiger partial charge in [0.1, 0.15) is 18.2 Å². The van der Waals surface area contributed by atoms with Crippen LogP contribution < -0.4 is 4.74 Å². The predicted octanol–water partition coefficient (Wildman–Crippen LogP) is 5.06. The van der Waals surface area contributed by atoms with Gasteiger partial charge in [-0.3, -0.25) is 0 Å². The highest BCUT2D eigenvalue weighted by atomic mass is 19.1. The number of aliphatic imine (C=N–C) groups is 1. The van der Waals surface area contributed by atoms with E-state index in [0.29, 0.717) is 18.3 Å². The molecule has 1 heterocycles. The second-order valence-electron chi connectivity index (χ2n) is 6.64. The number of carbonyl (C=O) groups excluding carboxylic acids is 1. The van der Waals surface area contributed by atoms with Crippen molar-refractivity contribution < 1.29 is 18.7 Å². The normalized spacial score (nSPS) is 14.6. The molecule has 0 saturated carbocycles. The largest absolute Gasteiger partial charge is 0.489 e. The molecule has 0 amide bonds. The number of ether oxygens (including phenoxy) is 2. The van der Waals surface area contributed by atoms with E-state index in [-0.39, 0.29) is 11.5 Å². The molecule has 1 aliphatic heterocycles. The van der Waals surface area contributed by atoms with Gasteiger partial charge in [0, 0.05) is 5.56 Å². The maximum absolute atomic E-state index is 13.0. The van der Waals surface area contributed by atoms with Crippen molar-refractivity contribution in [2.24, 2.45) is 4.99 Å². The minimum absolute atomic E-state index is 0.235. The lowest BCUT2D eigenvalue weighted by molar-refractivity contribution is -0.129. The molecule has 0 N–H and O–H groups in total. The maximum atomic E-state index is 13.0. The summed E-state index contributed by atoms with van der Waals surface area (Å²) in [5.41, 5.74) is 3.64. The van der Waals surface area contributed by atoms with Crippen molar-refractivity contribution in [3.8, 4) is 5.75 Å². The van der Waals surface area contributed by atoms with Crippen LogP contribution in [0, 0.1) is 12.7 Å². The molecule has 5 heteroatoms. The van der Waals surface area contributed by atoms with Crippen LogP contribution in [0.3, 0.4) is 0 Å². The number of carbonyl (C=O) groups is 1. The lowest BCUT2D eigenvalue weighted by Gasteiger charge is -2.07. The Bertz CT molecular complexity index is 1120. The van der Waals surface area contributed by atoms with E-state index in [1.165, 1.54) is 12.1 Å². The third-order valence-corrected chi connectivity index (χ3v) is 4.48. The number of aryl methyl sites for hydroxylation is 1. The number of nitrogens with zero attached hydrogens (tertiary/aromatic N) is 1. The molecular weight excluding hydrogens is 369 g/mol. The number of rotatable bonds is 5. The lowest BCUT2D eigenvalue weighted by atomic mass is 10.1. The highest BCUT2D eigenvalue weighted by molar-refractivity contribution is 6.13. The van der Waals surface area contributed by atoms with Gasteiger partial charge in [-0.05, 0) is 60.0 Å². The SMILES string of the molecule is Cc1ccccc1C1=N/C(=C\c2cccc(OCc3ccc(F)cc3)c2)C(=O)O1. The summed E-state index contributed by atoms with van der Waals surface area (Å²) in [5, 5.41) is 0. The second-order valence-corrected chi connectivity index (χ2v) is 6.64. The first-order valence-electron chi connectivity index (χ1n) is 9.14. The van der Waals surface area contributed by atoms with Crippen LogP contribution in [-0.2, 0) is 16.1 Å². The summed E-state index contributed by atoms with van der Waals surface area (Å²) in [6.07, 6.45) is 1.67. The highest BCUT2D eigenvalue weighted by Crippen LogP contribution is 2.23. The van der Waals surface area contributed by atoms with E-state index >= 15 is 0 Å². The quantitative estimate of drug-likeness (QED) is 0.454. The van der Waals surface area contributed by atoms with Gasteiger partial charge in [-0.15, -0.1) is 0 Å². The number of cyclic esters (lactones) is 1. The molecular formula is C24H18FNO3. The smallest absolute Gasteiger partial charge is 0.363 e. The number of esters is 1. The zero-order valence-electron chi connectivity index (χ0n) is 15.8. The Morgan fingerprint density at radius 3 is 2.62 bits per heavy atom. The molecule has 4 rings (SSSR count). The predicted molar refractivity (Wildman–Crippen MR) is 109 cm³/mol. The van der Waals surface area contributed by atoms with Gasteiger partial charge >= 0.3 is 5.97 Å². The van der Waals surface area contributed by atoms with Crippen molar-refractivity contribution in [2.75, 3.05) is 0 Å². The van der Waals surface area contributed by atoms with Crippen molar-refractivity contribution in [1.82, 2.24) is 0 Å². The average Bonchev–Trinajstić information content (AvgIpc) is 3.08. The van der Waals surface area contributed by atoms with E-state index < -0.39 is 5.97 Å². The Morgan fingerprint density at radius 1 is 1.03 bits per heavy atom. The van der Waals surface area contributed by atoms with Gasteiger partial charge < -0.3 is 9.47 Å². The molecule has 3 aromatic rings. The molecule has 0 aliphatic carbocycles. The molecule has 0 bridgehead atoms. The summed E-state index contributed by atoms with van der Waals surface area (Å²) in [6.45, 7) is 2.26. The van der Waals surface area contributed by atoms with Crippen molar-refractivity contribution in [3.63, 3.8) is 0 Å². The molecule has 0 radical (unpaired) electrons. The minimum atomic E-state index is -0.485. The van der Waals surface area contributed by atoms with Gasteiger partial charge in [-0.2, -0.15) is 0 Å². The Balaban J connectivity index is 1.52. The van der Waals surface area contributed by atoms with Crippen molar-refractivity contribution in [1.29, 1.82) is 0 Å². The molecule has 29 heavy (non-hydrogen) atoms. The molecule has 0 fully saturated rings. The monoisotopic (exact) mass is 387 g/mol. The number of hydrogen-bond acceptors (Lipinski definition) is 4. The molecule has 0 aromatic heterocycles. The first kappa shape index (κ1) is 18.6. The Labute approximate surface area is 167 Å². The average molecular weight is 387 g/mol. The minimum Gasteiger partial charge on any atom is -0.489 e. The van der Waals surface area contributed by atoms with Crippen LogP contribution >= 0.6 is 0 Å². The van der Waals surface area contributed by atoms with E-state index in [1.54, 1.807) is 18.2 Å². The molecule has 144 valence electrons. The van der Waals surface area contributed by atoms with Crippen molar-refractivity contribution >= 4 is 17.9 Å². The van der Waals surface area contributed by atoms with Gasteiger partial charge in [-0.1, -0.05) is 42.5 Å². The summed E-state index contributed by atoms with van der Waals surface area (Å²) in [6, 6.07) is 21.1. The molecule has 0 saturated heterocycles.